The number of carbonyl (C=O) groups is 6. The summed E-state index contributed by atoms with van der Waals surface area (Å²) in [5.74, 6) is -4.89. The van der Waals surface area contributed by atoms with Crippen molar-refractivity contribution in [3.8, 4) is 28.6 Å². The fourth-order valence-corrected chi connectivity index (χ4v) is 7.26. The first kappa shape index (κ1) is 39.1. The maximum atomic E-state index is 14.2. The Hall–Kier alpha value is -6.58. The number of fused-ring (bicyclic) bond motifs is 1. The van der Waals surface area contributed by atoms with Gasteiger partial charge in [-0.1, -0.05) is 39.8 Å². The molecule has 0 aliphatic carbocycles. The Morgan fingerprint density at radius 1 is 0.982 bits per heavy atom. The molecule has 6 rings (SSSR count). The number of piperidine rings is 1. The Kier molecular flexibility index (Phi) is 10.9. The van der Waals surface area contributed by atoms with Crippen molar-refractivity contribution >= 4 is 41.1 Å². The molecule has 1 aromatic heterocycles. The van der Waals surface area contributed by atoms with E-state index in [-0.39, 0.29) is 83.6 Å². The molecule has 1 saturated heterocycles. The number of phenols is 2. The summed E-state index contributed by atoms with van der Waals surface area (Å²) in [4.78, 5) is 80.0. The van der Waals surface area contributed by atoms with Gasteiger partial charge in [-0.2, -0.15) is 0 Å². The van der Waals surface area contributed by atoms with Crippen molar-refractivity contribution in [1.29, 1.82) is 0 Å². The summed E-state index contributed by atoms with van der Waals surface area (Å²) in [6.45, 7) is 9.63. The summed E-state index contributed by atoms with van der Waals surface area (Å²) in [5.41, 5.74) is 8.34. The standard InChI is InChI=1S/C40H44N8O8/c1-6-42-39(55)36-46-45-35(26-16-23(20(4)5)31(49)17-32(26)50)48(36)29-11-10-21(15-25(29)34(41)52)24(14-19(2)3)37(53)43-28-9-7-8-22-27(28)18-47(40(22)56)30-12-13-33(51)44-38(30)54/h7-11,15-17,19-20,24,30,49-50H,6,12-14,18H2,1-5H3,(H2,41,52)(H,42,55)(H,43,53)(H,44,51,54)/t24-,30?/m0/s1. The summed E-state index contributed by atoms with van der Waals surface area (Å²) in [7, 11) is 0. The third-order valence-corrected chi connectivity index (χ3v) is 10.0. The Labute approximate surface area is 322 Å². The number of nitrogens with zero attached hydrogens (tertiary/aromatic N) is 4. The van der Waals surface area contributed by atoms with E-state index in [1.54, 1.807) is 31.2 Å². The number of anilines is 1. The molecule has 3 heterocycles. The van der Waals surface area contributed by atoms with Gasteiger partial charge in [0.1, 0.15) is 17.5 Å². The second-order valence-corrected chi connectivity index (χ2v) is 14.7. The molecule has 292 valence electrons. The van der Waals surface area contributed by atoms with Gasteiger partial charge < -0.3 is 31.5 Å². The van der Waals surface area contributed by atoms with Gasteiger partial charge in [0.15, 0.2) is 5.82 Å². The highest BCUT2D eigenvalue weighted by Gasteiger charge is 2.40. The van der Waals surface area contributed by atoms with Gasteiger partial charge in [-0.3, -0.25) is 38.7 Å². The predicted molar refractivity (Wildman–Crippen MR) is 204 cm³/mol. The van der Waals surface area contributed by atoms with Gasteiger partial charge in [0, 0.05) is 42.4 Å². The molecule has 3 aromatic carbocycles. The first-order valence-corrected chi connectivity index (χ1v) is 18.4. The van der Waals surface area contributed by atoms with E-state index >= 15 is 0 Å². The first-order chi connectivity index (χ1) is 26.6. The SMILES string of the molecule is CCNC(=O)c1nnc(-c2cc(C(C)C)c(O)cc2O)n1-c1ccc([C@H](CC(C)C)C(=O)Nc2cccc3c2CN(C2CCC(=O)NC2=O)C3=O)cc1C(N)=O. The number of primary amides is 1. The maximum Gasteiger partial charge on any atom is 0.289 e. The number of hydrogen-bond acceptors (Lipinski definition) is 10. The monoisotopic (exact) mass is 764 g/mol. The van der Waals surface area contributed by atoms with Gasteiger partial charge in [0.2, 0.25) is 23.5 Å². The number of nitrogens with one attached hydrogen (secondary N) is 3. The van der Waals surface area contributed by atoms with Crippen LogP contribution in [0.4, 0.5) is 5.69 Å². The van der Waals surface area contributed by atoms with Crippen LogP contribution in [0.25, 0.3) is 17.1 Å². The van der Waals surface area contributed by atoms with Crippen LogP contribution in [0.3, 0.4) is 0 Å². The van der Waals surface area contributed by atoms with Crippen molar-refractivity contribution in [2.75, 3.05) is 11.9 Å². The molecule has 0 bridgehead atoms. The fraction of sp³-hybridized carbons (Fsp3) is 0.350. The van der Waals surface area contributed by atoms with E-state index in [1.807, 2.05) is 27.7 Å². The number of amides is 6. The third kappa shape index (κ3) is 7.41. The maximum absolute atomic E-state index is 14.2. The van der Waals surface area contributed by atoms with Gasteiger partial charge in [0.05, 0.1) is 22.7 Å². The minimum Gasteiger partial charge on any atom is -0.508 e. The number of hydrogen-bond donors (Lipinski definition) is 6. The second kappa shape index (κ2) is 15.6. The van der Waals surface area contributed by atoms with Gasteiger partial charge in [-0.25, -0.2) is 0 Å². The van der Waals surface area contributed by atoms with Crippen LogP contribution in [0, 0.1) is 5.92 Å². The van der Waals surface area contributed by atoms with E-state index in [0.29, 0.717) is 34.4 Å². The number of benzene rings is 3. The molecule has 6 amide bonds. The second-order valence-electron chi connectivity index (χ2n) is 14.7. The summed E-state index contributed by atoms with van der Waals surface area (Å²) < 4.78 is 1.31. The average molecular weight is 765 g/mol. The summed E-state index contributed by atoms with van der Waals surface area (Å²) in [6, 6.07) is 11.5. The van der Waals surface area contributed by atoms with Crippen LogP contribution in [0.5, 0.6) is 11.5 Å². The van der Waals surface area contributed by atoms with Crippen molar-refractivity contribution < 1.29 is 39.0 Å². The third-order valence-electron chi connectivity index (χ3n) is 10.0. The molecule has 0 saturated carbocycles. The van der Waals surface area contributed by atoms with Crippen LogP contribution in [0.2, 0.25) is 0 Å². The first-order valence-electron chi connectivity index (χ1n) is 18.4. The predicted octanol–water partition coefficient (Wildman–Crippen LogP) is 3.85. The zero-order valence-corrected chi connectivity index (χ0v) is 31.7. The van der Waals surface area contributed by atoms with E-state index in [1.165, 1.54) is 33.7 Å². The molecule has 2 aliphatic rings. The minimum absolute atomic E-state index is 0.00351. The molecular formula is C40H44N8O8. The van der Waals surface area contributed by atoms with Crippen molar-refractivity contribution in [1.82, 2.24) is 30.3 Å². The van der Waals surface area contributed by atoms with Crippen LogP contribution in [0.15, 0.2) is 48.5 Å². The molecule has 16 nitrogen and oxygen atoms in total. The fourth-order valence-electron chi connectivity index (χ4n) is 7.26. The van der Waals surface area contributed by atoms with E-state index in [4.69, 9.17) is 5.73 Å². The lowest BCUT2D eigenvalue weighted by molar-refractivity contribution is -0.137. The normalized spacial score (nSPS) is 15.9. The quantitative estimate of drug-likeness (QED) is 0.114. The number of rotatable bonds is 12. The van der Waals surface area contributed by atoms with E-state index in [2.05, 4.69) is 26.1 Å². The van der Waals surface area contributed by atoms with E-state index in [9.17, 15) is 39.0 Å². The smallest absolute Gasteiger partial charge is 0.289 e. The molecule has 0 spiro atoms. The van der Waals surface area contributed by atoms with Gasteiger partial charge in [0.25, 0.3) is 17.7 Å². The number of aromatic nitrogens is 3. The van der Waals surface area contributed by atoms with Gasteiger partial charge >= 0.3 is 0 Å². The van der Waals surface area contributed by atoms with Crippen LogP contribution in [0.1, 0.15) is 114 Å². The highest BCUT2D eigenvalue weighted by atomic mass is 16.3. The molecule has 16 heteroatoms. The van der Waals surface area contributed by atoms with E-state index in [0.717, 1.165) is 0 Å². The van der Waals surface area contributed by atoms with Gasteiger partial charge in [-0.15, -0.1) is 10.2 Å². The van der Waals surface area contributed by atoms with Crippen LogP contribution < -0.4 is 21.7 Å². The van der Waals surface area contributed by atoms with E-state index < -0.39 is 41.5 Å². The molecule has 1 fully saturated rings. The number of imide groups is 1. The van der Waals surface area contributed by atoms with Crippen molar-refractivity contribution in [2.45, 2.75) is 78.3 Å². The average Bonchev–Trinajstić information content (AvgIpc) is 3.72. The molecule has 0 radical (unpaired) electrons. The highest BCUT2D eigenvalue weighted by molar-refractivity contribution is 6.07. The topological polar surface area (TPSA) is 239 Å². The molecule has 2 atom stereocenters. The molecule has 56 heavy (non-hydrogen) atoms. The van der Waals surface area contributed by atoms with Crippen molar-refractivity contribution in [3.05, 3.63) is 82.2 Å². The number of phenolic OH excluding ortho intramolecular Hbond substituents is 2. The minimum atomic E-state index is -0.877. The van der Waals surface area contributed by atoms with Crippen molar-refractivity contribution in [3.63, 3.8) is 0 Å². The lowest BCUT2D eigenvalue weighted by Gasteiger charge is -2.29. The highest BCUT2D eigenvalue weighted by Crippen LogP contribution is 2.39. The Bertz CT molecular complexity index is 2280. The lowest BCUT2D eigenvalue weighted by Crippen LogP contribution is -2.52. The van der Waals surface area contributed by atoms with Gasteiger partial charge in [-0.05, 0) is 73.1 Å². The number of nitrogens with two attached hydrogens (primary N) is 1. The Morgan fingerprint density at radius 2 is 1.73 bits per heavy atom. The Balaban J connectivity index is 1.39. The molecular weight excluding hydrogens is 720 g/mol. The van der Waals surface area contributed by atoms with Crippen LogP contribution >= 0.6 is 0 Å². The van der Waals surface area contributed by atoms with Crippen molar-refractivity contribution in [2.24, 2.45) is 11.7 Å². The Morgan fingerprint density at radius 3 is 2.39 bits per heavy atom. The summed E-state index contributed by atoms with van der Waals surface area (Å²) in [5, 5.41) is 37.8. The molecule has 1 unspecified atom stereocenters. The zero-order valence-electron chi connectivity index (χ0n) is 31.7. The van der Waals surface area contributed by atoms with Crippen LogP contribution in [-0.4, -0.2) is 77.9 Å². The lowest BCUT2D eigenvalue weighted by atomic mass is 9.88. The summed E-state index contributed by atoms with van der Waals surface area (Å²) in [6.07, 6.45) is 0.645. The largest absolute Gasteiger partial charge is 0.508 e. The molecule has 4 aromatic rings. The zero-order chi connectivity index (χ0) is 40.6. The number of aromatic hydroxyl groups is 2. The number of carbonyl (C=O) groups excluding carboxylic acids is 6. The summed E-state index contributed by atoms with van der Waals surface area (Å²) >= 11 is 0. The molecule has 2 aliphatic heterocycles. The molecule has 7 N–H and O–H groups in total. The van der Waals surface area contributed by atoms with Crippen LogP contribution in [-0.2, 0) is 20.9 Å².